The standard InChI is InChI=1S/C16H15BrO4S/c1-11-4-2-3-5-15(11)22(18,19)16-8-12(6-7-14(16)17)20-9-13-10-21-13/h2-8,13H,9-10H2,1H3. The number of sulfone groups is 1. The minimum atomic E-state index is -3.60. The van der Waals surface area contributed by atoms with E-state index < -0.39 is 9.84 Å². The summed E-state index contributed by atoms with van der Waals surface area (Å²) in [5, 5.41) is 0. The Kier molecular flexibility index (Phi) is 4.25. The number of benzene rings is 2. The fourth-order valence-electron chi connectivity index (χ4n) is 2.11. The molecule has 0 spiro atoms. The lowest BCUT2D eigenvalue weighted by molar-refractivity contribution is 0.262. The molecule has 1 aliphatic heterocycles. The van der Waals surface area contributed by atoms with Crippen LogP contribution in [-0.2, 0) is 14.6 Å². The number of halogens is 1. The Morgan fingerprint density at radius 2 is 1.95 bits per heavy atom. The van der Waals surface area contributed by atoms with E-state index in [1.165, 1.54) is 0 Å². The number of hydrogen-bond donors (Lipinski definition) is 0. The van der Waals surface area contributed by atoms with Gasteiger partial charge in [-0.15, -0.1) is 0 Å². The van der Waals surface area contributed by atoms with Crippen molar-refractivity contribution < 1.29 is 17.9 Å². The van der Waals surface area contributed by atoms with Crippen molar-refractivity contribution in [1.82, 2.24) is 0 Å². The van der Waals surface area contributed by atoms with Gasteiger partial charge in [0.1, 0.15) is 18.5 Å². The second kappa shape index (κ2) is 6.02. The molecule has 0 aliphatic carbocycles. The van der Waals surface area contributed by atoms with E-state index in [9.17, 15) is 8.42 Å². The first-order valence-electron chi connectivity index (χ1n) is 6.83. The molecule has 116 valence electrons. The van der Waals surface area contributed by atoms with Crippen LogP contribution in [0.15, 0.2) is 56.7 Å². The molecule has 0 aromatic heterocycles. The van der Waals surface area contributed by atoms with Gasteiger partial charge in [-0.25, -0.2) is 8.42 Å². The van der Waals surface area contributed by atoms with Gasteiger partial charge in [0.2, 0.25) is 9.84 Å². The van der Waals surface area contributed by atoms with Crippen molar-refractivity contribution in [3.05, 3.63) is 52.5 Å². The highest BCUT2D eigenvalue weighted by Crippen LogP contribution is 2.32. The average Bonchev–Trinajstić information content (AvgIpc) is 3.30. The molecule has 0 bridgehead atoms. The van der Waals surface area contributed by atoms with Crippen LogP contribution in [0.1, 0.15) is 5.56 Å². The van der Waals surface area contributed by atoms with E-state index in [0.717, 1.165) is 0 Å². The zero-order chi connectivity index (χ0) is 15.7. The van der Waals surface area contributed by atoms with Gasteiger partial charge < -0.3 is 9.47 Å². The molecule has 0 saturated carbocycles. The Hall–Kier alpha value is -1.37. The van der Waals surface area contributed by atoms with Gasteiger partial charge in [0.25, 0.3) is 0 Å². The van der Waals surface area contributed by atoms with Crippen LogP contribution in [0.4, 0.5) is 0 Å². The molecule has 1 heterocycles. The maximum Gasteiger partial charge on any atom is 0.208 e. The van der Waals surface area contributed by atoms with Gasteiger partial charge in [-0.3, -0.25) is 0 Å². The fraction of sp³-hybridized carbons (Fsp3) is 0.250. The highest BCUT2D eigenvalue weighted by atomic mass is 79.9. The van der Waals surface area contributed by atoms with E-state index in [2.05, 4.69) is 15.9 Å². The summed E-state index contributed by atoms with van der Waals surface area (Å²) in [6.45, 7) is 2.92. The fourth-order valence-corrected chi connectivity index (χ4v) is 4.58. The SMILES string of the molecule is Cc1ccccc1S(=O)(=O)c1cc(OCC2CO2)ccc1Br. The molecule has 2 aromatic carbocycles. The number of rotatable bonds is 5. The lowest BCUT2D eigenvalue weighted by Crippen LogP contribution is -2.07. The molecule has 1 fully saturated rings. The summed E-state index contributed by atoms with van der Waals surface area (Å²) < 4.78 is 36.9. The summed E-state index contributed by atoms with van der Waals surface area (Å²) in [7, 11) is -3.60. The van der Waals surface area contributed by atoms with E-state index >= 15 is 0 Å². The molecular weight excluding hydrogens is 368 g/mol. The van der Waals surface area contributed by atoms with Crippen LogP contribution < -0.4 is 4.74 Å². The van der Waals surface area contributed by atoms with Crippen LogP contribution in [0.5, 0.6) is 5.75 Å². The second-order valence-corrected chi connectivity index (χ2v) is 7.87. The first-order valence-corrected chi connectivity index (χ1v) is 9.11. The molecular formula is C16H15BrO4S. The Morgan fingerprint density at radius 3 is 2.64 bits per heavy atom. The third kappa shape index (κ3) is 3.19. The predicted octanol–water partition coefficient (Wildman–Crippen LogP) is 3.37. The van der Waals surface area contributed by atoms with Crippen LogP contribution in [0, 0.1) is 6.92 Å². The van der Waals surface area contributed by atoms with Crippen LogP contribution in [0.3, 0.4) is 0 Å². The monoisotopic (exact) mass is 382 g/mol. The highest BCUT2D eigenvalue weighted by Gasteiger charge is 2.25. The Morgan fingerprint density at radius 1 is 1.23 bits per heavy atom. The van der Waals surface area contributed by atoms with Crippen LogP contribution >= 0.6 is 15.9 Å². The van der Waals surface area contributed by atoms with Gasteiger partial charge in [0.15, 0.2) is 0 Å². The highest BCUT2D eigenvalue weighted by molar-refractivity contribution is 9.10. The average molecular weight is 383 g/mol. The minimum absolute atomic E-state index is 0.125. The van der Waals surface area contributed by atoms with Crippen molar-refractivity contribution in [2.45, 2.75) is 22.8 Å². The van der Waals surface area contributed by atoms with Gasteiger partial charge in [-0.1, -0.05) is 18.2 Å². The van der Waals surface area contributed by atoms with Gasteiger partial charge >= 0.3 is 0 Å². The Bertz CT molecular complexity index is 798. The normalized spacial score (nSPS) is 17.3. The van der Waals surface area contributed by atoms with E-state index in [1.54, 1.807) is 43.3 Å². The minimum Gasteiger partial charge on any atom is -0.491 e. The van der Waals surface area contributed by atoms with Crippen molar-refractivity contribution in [2.24, 2.45) is 0 Å². The molecule has 0 radical (unpaired) electrons. The van der Waals surface area contributed by atoms with Crippen LogP contribution in [0.2, 0.25) is 0 Å². The van der Waals surface area contributed by atoms with Crippen molar-refractivity contribution in [2.75, 3.05) is 13.2 Å². The summed E-state index contributed by atoms with van der Waals surface area (Å²) in [6, 6.07) is 11.9. The lowest BCUT2D eigenvalue weighted by Gasteiger charge is -2.11. The molecule has 22 heavy (non-hydrogen) atoms. The summed E-state index contributed by atoms with van der Waals surface area (Å²) >= 11 is 3.32. The van der Waals surface area contributed by atoms with E-state index in [-0.39, 0.29) is 11.0 Å². The van der Waals surface area contributed by atoms with Crippen molar-refractivity contribution >= 4 is 25.8 Å². The van der Waals surface area contributed by atoms with Gasteiger partial charge in [-0.05, 0) is 46.6 Å². The molecule has 6 heteroatoms. The summed E-state index contributed by atoms with van der Waals surface area (Å²) in [6.07, 6.45) is 0.125. The van der Waals surface area contributed by atoms with Crippen molar-refractivity contribution in [1.29, 1.82) is 0 Å². The maximum atomic E-state index is 12.9. The quantitative estimate of drug-likeness (QED) is 0.743. The predicted molar refractivity (Wildman–Crippen MR) is 86.0 cm³/mol. The Balaban J connectivity index is 1.98. The van der Waals surface area contributed by atoms with Crippen LogP contribution in [-0.4, -0.2) is 27.7 Å². The first kappa shape index (κ1) is 15.5. The van der Waals surface area contributed by atoms with E-state index in [0.29, 0.717) is 33.9 Å². The molecule has 1 saturated heterocycles. The number of hydrogen-bond acceptors (Lipinski definition) is 4. The molecule has 0 N–H and O–H groups in total. The number of epoxide rings is 1. The first-order chi connectivity index (χ1) is 10.5. The zero-order valence-corrected chi connectivity index (χ0v) is 14.4. The molecule has 1 aliphatic rings. The number of ether oxygens (including phenoxy) is 2. The summed E-state index contributed by atoms with van der Waals surface area (Å²) in [5.41, 5.74) is 0.715. The third-order valence-electron chi connectivity index (χ3n) is 3.41. The number of aryl methyl sites for hydroxylation is 1. The van der Waals surface area contributed by atoms with E-state index in [4.69, 9.17) is 9.47 Å². The van der Waals surface area contributed by atoms with Crippen molar-refractivity contribution in [3.63, 3.8) is 0 Å². The largest absolute Gasteiger partial charge is 0.491 e. The second-order valence-electron chi connectivity index (χ2n) is 5.13. The summed E-state index contributed by atoms with van der Waals surface area (Å²) in [5.74, 6) is 0.519. The van der Waals surface area contributed by atoms with Gasteiger partial charge in [-0.2, -0.15) is 0 Å². The third-order valence-corrected chi connectivity index (χ3v) is 6.32. The van der Waals surface area contributed by atoms with E-state index in [1.807, 2.05) is 6.07 Å². The Labute approximate surface area is 138 Å². The van der Waals surface area contributed by atoms with Crippen molar-refractivity contribution in [3.8, 4) is 5.75 Å². The molecule has 2 aromatic rings. The molecule has 4 nitrogen and oxygen atoms in total. The molecule has 1 atom stereocenters. The summed E-state index contributed by atoms with van der Waals surface area (Å²) in [4.78, 5) is 0.509. The van der Waals surface area contributed by atoms with Gasteiger partial charge in [0, 0.05) is 10.5 Å². The molecule has 0 amide bonds. The zero-order valence-electron chi connectivity index (χ0n) is 12.0. The molecule has 1 unspecified atom stereocenters. The smallest absolute Gasteiger partial charge is 0.208 e. The van der Waals surface area contributed by atoms with Gasteiger partial charge in [0.05, 0.1) is 16.4 Å². The topological polar surface area (TPSA) is 55.9 Å². The molecule has 3 rings (SSSR count). The maximum absolute atomic E-state index is 12.9. The lowest BCUT2D eigenvalue weighted by atomic mass is 10.2. The van der Waals surface area contributed by atoms with Crippen LogP contribution in [0.25, 0.3) is 0 Å².